The first-order valence-corrected chi connectivity index (χ1v) is 7.62. The van der Waals surface area contributed by atoms with Crippen LogP contribution < -0.4 is 5.73 Å². The van der Waals surface area contributed by atoms with Gasteiger partial charge in [-0.2, -0.15) is 4.31 Å². The zero-order chi connectivity index (χ0) is 13.3. The van der Waals surface area contributed by atoms with E-state index in [2.05, 4.69) is 4.98 Å². The third-order valence-electron chi connectivity index (χ3n) is 3.47. The predicted octanol–water partition coefficient (Wildman–Crippen LogP) is 1.62. The minimum atomic E-state index is -3.55. The molecule has 0 unspecified atom stereocenters. The summed E-state index contributed by atoms with van der Waals surface area (Å²) in [5.74, 6) is 0.0717. The van der Waals surface area contributed by atoms with Crippen LogP contribution in [0.4, 0.5) is 5.82 Å². The first kappa shape index (κ1) is 13.3. The molecule has 1 aliphatic rings. The van der Waals surface area contributed by atoms with Gasteiger partial charge in [-0.1, -0.05) is 6.42 Å². The molecule has 2 rings (SSSR count). The van der Waals surface area contributed by atoms with Crippen molar-refractivity contribution in [2.75, 3.05) is 5.73 Å². The highest BCUT2D eigenvalue weighted by Crippen LogP contribution is 2.30. The van der Waals surface area contributed by atoms with E-state index in [-0.39, 0.29) is 22.8 Å². The number of rotatable bonds is 2. The van der Waals surface area contributed by atoms with Gasteiger partial charge in [0.25, 0.3) is 0 Å². The molecule has 1 aliphatic heterocycles. The van der Waals surface area contributed by atoms with E-state index in [1.807, 2.05) is 13.8 Å². The predicted molar refractivity (Wildman–Crippen MR) is 70.4 cm³/mol. The van der Waals surface area contributed by atoms with Crippen molar-refractivity contribution in [3.05, 3.63) is 18.3 Å². The molecule has 2 N–H and O–H groups in total. The molecule has 0 saturated carbocycles. The van der Waals surface area contributed by atoms with E-state index in [0.29, 0.717) is 0 Å². The van der Waals surface area contributed by atoms with Crippen LogP contribution in [0, 0.1) is 0 Å². The molecule has 1 saturated heterocycles. The molecule has 0 aromatic carbocycles. The summed E-state index contributed by atoms with van der Waals surface area (Å²) >= 11 is 0. The number of hydrogen-bond acceptors (Lipinski definition) is 4. The molecule has 1 aromatic heterocycles. The van der Waals surface area contributed by atoms with Gasteiger partial charge in [-0.25, -0.2) is 13.4 Å². The minimum Gasteiger partial charge on any atom is -0.383 e. The van der Waals surface area contributed by atoms with Crippen LogP contribution in [0.25, 0.3) is 0 Å². The zero-order valence-corrected chi connectivity index (χ0v) is 11.5. The van der Waals surface area contributed by atoms with Crippen LogP contribution in [0.2, 0.25) is 0 Å². The Labute approximate surface area is 108 Å². The summed E-state index contributed by atoms with van der Waals surface area (Å²) in [6, 6.07) is 3.14. The van der Waals surface area contributed by atoms with Crippen LogP contribution in [-0.4, -0.2) is 29.8 Å². The lowest BCUT2D eigenvalue weighted by atomic mass is 10.0. The molecular formula is C12H19N3O2S. The maximum absolute atomic E-state index is 12.6. The van der Waals surface area contributed by atoms with E-state index in [1.165, 1.54) is 12.3 Å². The van der Waals surface area contributed by atoms with E-state index < -0.39 is 10.0 Å². The standard InChI is InChI=1S/C12H19N3O2S/c1-9-5-3-6-10(2)15(9)18(16,17)11-7-4-8-14-12(11)13/h4,7-10H,3,5-6H2,1-2H3,(H2,13,14)/t9-,10+. The molecule has 0 bridgehead atoms. The monoisotopic (exact) mass is 269 g/mol. The van der Waals surface area contributed by atoms with Crippen molar-refractivity contribution in [2.45, 2.75) is 50.1 Å². The average Bonchev–Trinajstić information content (AvgIpc) is 2.28. The van der Waals surface area contributed by atoms with Gasteiger partial charge < -0.3 is 5.73 Å². The van der Waals surface area contributed by atoms with Crippen LogP contribution in [0.1, 0.15) is 33.1 Å². The van der Waals surface area contributed by atoms with Crippen molar-refractivity contribution in [2.24, 2.45) is 0 Å². The Morgan fingerprint density at radius 1 is 1.33 bits per heavy atom. The molecule has 0 amide bonds. The van der Waals surface area contributed by atoms with Crippen LogP contribution in [0.3, 0.4) is 0 Å². The van der Waals surface area contributed by atoms with Gasteiger partial charge in [-0.15, -0.1) is 0 Å². The summed E-state index contributed by atoms with van der Waals surface area (Å²) in [4.78, 5) is 3.98. The van der Waals surface area contributed by atoms with Crippen molar-refractivity contribution in [1.29, 1.82) is 0 Å². The SMILES string of the molecule is C[C@@H]1CCC[C@H](C)N1S(=O)(=O)c1cccnc1N. The zero-order valence-electron chi connectivity index (χ0n) is 10.7. The Bertz CT molecular complexity index is 520. The average molecular weight is 269 g/mol. The first-order valence-electron chi connectivity index (χ1n) is 6.18. The van der Waals surface area contributed by atoms with Crippen molar-refractivity contribution >= 4 is 15.8 Å². The number of sulfonamides is 1. The second-order valence-electron chi connectivity index (χ2n) is 4.85. The molecule has 0 aliphatic carbocycles. The van der Waals surface area contributed by atoms with Gasteiger partial charge >= 0.3 is 0 Å². The van der Waals surface area contributed by atoms with E-state index in [9.17, 15) is 8.42 Å². The highest BCUT2D eigenvalue weighted by atomic mass is 32.2. The molecule has 2 heterocycles. The number of hydrogen-bond donors (Lipinski definition) is 1. The number of anilines is 1. The Hall–Kier alpha value is -1.14. The van der Waals surface area contributed by atoms with Gasteiger partial charge in [0.1, 0.15) is 10.7 Å². The Balaban J connectivity index is 2.45. The molecule has 2 atom stereocenters. The highest BCUT2D eigenvalue weighted by molar-refractivity contribution is 7.89. The van der Waals surface area contributed by atoms with Crippen LogP contribution >= 0.6 is 0 Å². The Kier molecular flexibility index (Phi) is 3.59. The number of aromatic nitrogens is 1. The largest absolute Gasteiger partial charge is 0.383 e. The van der Waals surface area contributed by atoms with Crippen molar-refractivity contribution in [1.82, 2.24) is 9.29 Å². The molecule has 0 radical (unpaired) electrons. The lowest BCUT2D eigenvalue weighted by Gasteiger charge is -2.37. The second-order valence-corrected chi connectivity index (χ2v) is 6.66. The fourth-order valence-corrected chi connectivity index (χ4v) is 4.56. The van der Waals surface area contributed by atoms with Crippen molar-refractivity contribution < 1.29 is 8.42 Å². The van der Waals surface area contributed by atoms with Gasteiger partial charge in [0, 0.05) is 18.3 Å². The molecule has 1 fully saturated rings. The van der Waals surface area contributed by atoms with Gasteiger partial charge in [0.05, 0.1) is 0 Å². The lowest BCUT2D eigenvalue weighted by molar-refractivity contribution is 0.204. The maximum Gasteiger partial charge on any atom is 0.247 e. The van der Waals surface area contributed by atoms with E-state index in [0.717, 1.165) is 19.3 Å². The first-order chi connectivity index (χ1) is 8.44. The summed E-state index contributed by atoms with van der Waals surface area (Å²) in [5.41, 5.74) is 5.69. The van der Waals surface area contributed by atoms with Gasteiger partial charge in [0.2, 0.25) is 10.0 Å². The minimum absolute atomic E-state index is 0.0124. The smallest absolute Gasteiger partial charge is 0.247 e. The number of nitrogens with two attached hydrogens (primary N) is 1. The molecular weight excluding hydrogens is 250 g/mol. The molecule has 6 heteroatoms. The quantitative estimate of drug-likeness (QED) is 0.885. The third kappa shape index (κ3) is 2.22. The summed E-state index contributed by atoms with van der Waals surface area (Å²) in [7, 11) is -3.55. The number of nitrogens with zero attached hydrogens (tertiary/aromatic N) is 2. The van der Waals surface area contributed by atoms with Crippen LogP contribution in [-0.2, 0) is 10.0 Å². The summed E-state index contributed by atoms with van der Waals surface area (Å²) in [5, 5.41) is 0. The van der Waals surface area contributed by atoms with Gasteiger partial charge in [-0.3, -0.25) is 0 Å². The molecule has 18 heavy (non-hydrogen) atoms. The Morgan fingerprint density at radius 2 is 1.94 bits per heavy atom. The molecule has 100 valence electrons. The molecule has 5 nitrogen and oxygen atoms in total. The van der Waals surface area contributed by atoms with E-state index >= 15 is 0 Å². The third-order valence-corrected chi connectivity index (χ3v) is 5.64. The fourth-order valence-electron chi connectivity index (χ4n) is 2.61. The summed E-state index contributed by atoms with van der Waals surface area (Å²) in [6.45, 7) is 3.89. The maximum atomic E-state index is 12.6. The highest BCUT2D eigenvalue weighted by Gasteiger charge is 2.36. The fraction of sp³-hybridized carbons (Fsp3) is 0.583. The van der Waals surface area contributed by atoms with Gasteiger partial charge in [0.15, 0.2) is 0 Å². The summed E-state index contributed by atoms with van der Waals surface area (Å²) in [6.07, 6.45) is 4.35. The number of piperidine rings is 1. The lowest BCUT2D eigenvalue weighted by Crippen LogP contribution is -2.47. The Morgan fingerprint density at radius 3 is 2.50 bits per heavy atom. The van der Waals surface area contributed by atoms with Gasteiger partial charge in [-0.05, 0) is 38.8 Å². The second kappa shape index (κ2) is 4.85. The number of nitrogen functional groups attached to an aromatic ring is 1. The van der Waals surface area contributed by atoms with E-state index in [1.54, 1.807) is 10.4 Å². The van der Waals surface area contributed by atoms with Crippen molar-refractivity contribution in [3.8, 4) is 0 Å². The molecule has 0 spiro atoms. The number of pyridine rings is 1. The van der Waals surface area contributed by atoms with Crippen molar-refractivity contribution in [3.63, 3.8) is 0 Å². The van der Waals surface area contributed by atoms with Crippen LogP contribution in [0.5, 0.6) is 0 Å². The molecule has 1 aromatic rings. The summed E-state index contributed by atoms with van der Waals surface area (Å²) < 4.78 is 26.8. The topological polar surface area (TPSA) is 76.3 Å². The normalized spacial score (nSPS) is 26.1. The van der Waals surface area contributed by atoms with Crippen LogP contribution in [0.15, 0.2) is 23.2 Å². The van der Waals surface area contributed by atoms with E-state index in [4.69, 9.17) is 5.73 Å².